The van der Waals surface area contributed by atoms with E-state index >= 15 is 0 Å². The van der Waals surface area contributed by atoms with E-state index in [1.54, 1.807) is 0 Å². The van der Waals surface area contributed by atoms with Gasteiger partial charge in [0.15, 0.2) is 0 Å². The van der Waals surface area contributed by atoms with E-state index in [1.165, 1.54) is 32.2 Å². The van der Waals surface area contributed by atoms with Crippen molar-refractivity contribution in [3.05, 3.63) is 0 Å². The Kier molecular flexibility index (Phi) is 7.19. The quantitative estimate of drug-likeness (QED) is 0.781. The minimum atomic E-state index is 0.457. The molecule has 1 N–H and O–H groups in total. The van der Waals surface area contributed by atoms with Crippen molar-refractivity contribution in [3.8, 4) is 0 Å². The Morgan fingerprint density at radius 3 is 2.24 bits per heavy atom. The molecule has 0 aromatic heterocycles. The first-order valence-corrected chi connectivity index (χ1v) is 9.02. The average Bonchev–Trinajstić information content (AvgIpc) is 2.36. The molecule has 0 aromatic carbocycles. The van der Waals surface area contributed by atoms with Gasteiger partial charge in [-0.3, -0.25) is 0 Å². The zero-order chi connectivity index (χ0) is 16.2. The van der Waals surface area contributed by atoms with E-state index in [2.05, 4.69) is 65.9 Å². The first kappa shape index (κ1) is 19.0. The van der Waals surface area contributed by atoms with Gasteiger partial charge in [0.25, 0.3) is 0 Å². The molecule has 2 heteroatoms. The van der Waals surface area contributed by atoms with Crippen LogP contribution in [0.25, 0.3) is 0 Å². The largest absolute Gasteiger partial charge is 0.317 e. The van der Waals surface area contributed by atoms with Gasteiger partial charge in [-0.05, 0) is 69.9 Å². The molecule has 0 bridgehead atoms. The van der Waals surface area contributed by atoms with Crippen molar-refractivity contribution < 1.29 is 0 Å². The number of nitrogens with zero attached hydrogens (tertiary/aromatic N) is 1. The smallest absolute Gasteiger partial charge is 0.0105 e. The molecule has 0 spiro atoms. The van der Waals surface area contributed by atoms with Crippen LogP contribution in [0, 0.1) is 23.2 Å². The van der Waals surface area contributed by atoms with Gasteiger partial charge in [0.1, 0.15) is 0 Å². The van der Waals surface area contributed by atoms with Gasteiger partial charge in [0.2, 0.25) is 0 Å². The summed E-state index contributed by atoms with van der Waals surface area (Å²) >= 11 is 0. The zero-order valence-corrected chi connectivity index (χ0v) is 15.9. The van der Waals surface area contributed by atoms with Crippen molar-refractivity contribution >= 4 is 0 Å². The minimum Gasteiger partial charge on any atom is -0.317 e. The first-order valence-electron chi connectivity index (χ1n) is 9.02. The van der Waals surface area contributed by atoms with Crippen LogP contribution in [0.2, 0.25) is 0 Å². The lowest BCUT2D eigenvalue weighted by molar-refractivity contribution is 0.0843. The van der Waals surface area contributed by atoms with Crippen LogP contribution in [0.5, 0.6) is 0 Å². The molecule has 4 atom stereocenters. The van der Waals surface area contributed by atoms with Crippen molar-refractivity contribution in [1.29, 1.82) is 0 Å². The zero-order valence-electron chi connectivity index (χ0n) is 15.9. The molecule has 0 heterocycles. The number of rotatable bonds is 6. The van der Waals surface area contributed by atoms with Crippen LogP contribution in [0.1, 0.15) is 67.2 Å². The second kappa shape index (κ2) is 7.97. The number of hydrogen-bond donors (Lipinski definition) is 1. The highest BCUT2D eigenvalue weighted by Gasteiger charge is 2.35. The van der Waals surface area contributed by atoms with Crippen LogP contribution in [-0.2, 0) is 0 Å². The summed E-state index contributed by atoms with van der Waals surface area (Å²) in [5, 5.41) is 3.58. The standard InChI is InChI=1S/C19H40N2/c1-14(2)11-15(3)21(8)13-16-12-17(19(4,5)6)9-10-18(16)20-7/h14-18,20H,9-13H2,1-8H3. The second-order valence-corrected chi connectivity index (χ2v) is 8.95. The van der Waals surface area contributed by atoms with Gasteiger partial charge in [0.05, 0.1) is 0 Å². The van der Waals surface area contributed by atoms with E-state index in [1.807, 2.05) is 0 Å². The molecule has 0 saturated heterocycles. The van der Waals surface area contributed by atoms with Crippen LogP contribution >= 0.6 is 0 Å². The maximum Gasteiger partial charge on any atom is 0.0105 e. The number of nitrogens with one attached hydrogen (secondary N) is 1. The molecular weight excluding hydrogens is 256 g/mol. The van der Waals surface area contributed by atoms with E-state index in [0.717, 1.165) is 17.8 Å². The summed E-state index contributed by atoms with van der Waals surface area (Å²) in [5.74, 6) is 2.46. The van der Waals surface area contributed by atoms with Crippen molar-refractivity contribution in [2.75, 3.05) is 20.6 Å². The van der Waals surface area contributed by atoms with E-state index in [-0.39, 0.29) is 0 Å². The normalized spacial score (nSPS) is 29.1. The Bertz CT molecular complexity index is 292. The molecule has 4 unspecified atom stereocenters. The highest BCUT2D eigenvalue weighted by atomic mass is 15.1. The van der Waals surface area contributed by atoms with Gasteiger partial charge in [-0.1, -0.05) is 34.6 Å². The Morgan fingerprint density at radius 1 is 1.14 bits per heavy atom. The predicted octanol–water partition coefficient (Wildman–Crippen LogP) is 4.40. The first-order chi connectivity index (χ1) is 9.65. The maximum absolute atomic E-state index is 3.58. The van der Waals surface area contributed by atoms with E-state index in [0.29, 0.717) is 17.5 Å². The predicted molar refractivity (Wildman–Crippen MR) is 94.7 cm³/mol. The van der Waals surface area contributed by atoms with Crippen LogP contribution < -0.4 is 5.32 Å². The van der Waals surface area contributed by atoms with E-state index < -0.39 is 0 Å². The Hall–Kier alpha value is -0.0800. The lowest BCUT2D eigenvalue weighted by Gasteiger charge is -2.43. The van der Waals surface area contributed by atoms with Gasteiger partial charge in [0, 0.05) is 18.6 Å². The average molecular weight is 297 g/mol. The Morgan fingerprint density at radius 2 is 1.76 bits per heavy atom. The SMILES string of the molecule is CNC1CCC(C(C)(C)C)CC1CN(C)C(C)CC(C)C. The summed E-state index contributed by atoms with van der Waals surface area (Å²) in [6.45, 7) is 15.5. The highest BCUT2D eigenvalue weighted by Crippen LogP contribution is 2.40. The highest BCUT2D eigenvalue weighted by molar-refractivity contribution is 4.90. The summed E-state index contributed by atoms with van der Waals surface area (Å²) in [5.41, 5.74) is 0.457. The molecule has 1 aliphatic carbocycles. The second-order valence-electron chi connectivity index (χ2n) is 8.95. The molecule has 1 fully saturated rings. The van der Waals surface area contributed by atoms with Crippen molar-refractivity contribution in [1.82, 2.24) is 10.2 Å². The molecule has 0 aliphatic heterocycles. The van der Waals surface area contributed by atoms with Crippen LogP contribution in [-0.4, -0.2) is 37.6 Å². The molecule has 0 radical (unpaired) electrons. The molecule has 1 aliphatic rings. The third-order valence-corrected chi connectivity index (χ3v) is 5.67. The summed E-state index contributed by atoms with van der Waals surface area (Å²) in [7, 11) is 4.47. The number of hydrogen-bond acceptors (Lipinski definition) is 2. The third kappa shape index (κ3) is 5.90. The Balaban J connectivity index is 2.63. The monoisotopic (exact) mass is 296 g/mol. The van der Waals surface area contributed by atoms with Crippen LogP contribution in [0.4, 0.5) is 0 Å². The molecule has 0 amide bonds. The summed E-state index contributed by atoms with van der Waals surface area (Å²) in [6.07, 6.45) is 5.41. The fourth-order valence-electron chi connectivity index (χ4n) is 4.04. The molecule has 21 heavy (non-hydrogen) atoms. The molecular formula is C19H40N2. The van der Waals surface area contributed by atoms with Crippen molar-refractivity contribution in [3.63, 3.8) is 0 Å². The van der Waals surface area contributed by atoms with E-state index in [4.69, 9.17) is 0 Å². The van der Waals surface area contributed by atoms with E-state index in [9.17, 15) is 0 Å². The van der Waals surface area contributed by atoms with Crippen molar-refractivity contribution in [2.45, 2.75) is 79.3 Å². The van der Waals surface area contributed by atoms with Crippen molar-refractivity contribution in [2.24, 2.45) is 23.2 Å². The van der Waals surface area contributed by atoms with Gasteiger partial charge in [-0.15, -0.1) is 0 Å². The van der Waals surface area contributed by atoms with Gasteiger partial charge < -0.3 is 10.2 Å². The molecule has 1 saturated carbocycles. The lowest BCUT2D eigenvalue weighted by Crippen LogP contribution is -2.47. The van der Waals surface area contributed by atoms with Crippen LogP contribution in [0.3, 0.4) is 0 Å². The Labute approximate surface area is 134 Å². The van der Waals surface area contributed by atoms with Gasteiger partial charge in [-0.2, -0.15) is 0 Å². The fourth-order valence-corrected chi connectivity index (χ4v) is 4.04. The molecule has 0 aromatic rings. The summed E-state index contributed by atoms with van der Waals surface area (Å²) in [6, 6.07) is 1.40. The van der Waals surface area contributed by atoms with Crippen LogP contribution in [0.15, 0.2) is 0 Å². The maximum atomic E-state index is 3.58. The van der Waals surface area contributed by atoms with Gasteiger partial charge >= 0.3 is 0 Å². The molecule has 1 rings (SSSR count). The summed E-state index contributed by atoms with van der Waals surface area (Å²) < 4.78 is 0. The summed E-state index contributed by atoms with van der Waals surface area (Å²) in [4.78, 5) is 2.60. The minimum absolute atomic E-state index is 0.457. The molecule has 126 valence electrons. The topological polar surface area (TPSA) is 15.3 Å². The van der Waals surface area contributed by atoms with Gasteiger partial charge in [-0.25, -0.2) is 0 Å². The molecule has 2 nitrogen and oxygen atoms in total. The third-order valence-electron chi connectivity index (χ3n) is 5.67. The lowest BCUT2D eigenvalue weighted by atomic mass is 9.67. The fraction of sp³-hybridized carbons (Fsp3) is 1.00.